The Morgan fingerprint density at radius 3 is 1.71 bits per heavy atom. The highest BCUT2D eigenvalue weighted by Gasteiger charge is 2.21. The predicted molar refractivity (Wildman–Crippen MR) is 121 cm³/mol. The van der Waals surface area contributed by atoms with E-state index in [0.717, 1.165) is 11.1 Å². The van der Waals surface area contributed by atoms with E-state index in [1.165, 1.54) is 13.2 Å². The molecule has 0 aliphatic rings. The van der Waals surface area contributed by atoms with Crippen LogP contribution >= 0.6 is 0 Å². The first-order valence-corrected chi connectivity index (χ1v) is 10.4. The van der Waals surface area contributed by atoms with Crippen molar-refractivity contribution in [3.8, 4) is 11.5 Å². The summed E-state index contributed by atoms with van der Waals surface area (Å²) in [7, 11) is 1.29. The summed E-state index contributed by atoms with van der Waals surface area (Å²) in [5, 5.41) is 0. The van der Waals surface area contributed by atoms with Crippen LogP contribution in [0.3, 0.4) is 0 Å². The van der Waals surface area contributed by atoms with E-state index in [-0.39, 0.29) is 30.3 Å². The molecule has 0 fully saturated rings. The van der Waals surface area contributed by atoms with E-state index in [9.17, 15) is 14.4 Å². The van der Waals surface area contributed by atoms with Gasteiger partial charge in [0, 0.05) is 6.42 Å². The summed E-state index contributed by atoms with van der Waals surface area (Å²) in [6.45, 7) is 3.83. The fraction of sp³-hybridized carbons (Fsp3) is 0.192. The highest BCUT2D eigenvalue weighted by Crippen LogP contribution is 2.30. The standard InChI is InChI=1S/C26H25NO6.ClH/c1-16-4-9-19(10-5-16)24(28)32-22-13-8-18(14-21(27)26(30)31-3)15-23(22)33-25(29)20-11-6-17(2)7-12-20;/h4-13,15,21H,14,27H2,1-3H3;1H/t21-;/m0./s1. The molecule has 1 atom stereocenters. The first-order valence-electron chi connectivity index (χ1n) is 10.4. The molecule has 3 aromatic carbocycles. The van der Waals surface area contributed by atoms with Gasteiger partial charge in [0.1, 0.15) is 0 Å². The number of quaternary nitrogens is 1. The Hall–Kier alpha value is -3.68. The molecule has 0 heterocycles. The zero-order chi connectivity index (χ0) is 24.0. The molecule has 34 heavy (non-hydrogen) atoms. The van der Waals surface area contributed by atoms with E-state index in [1.54, 1.807) is 60.7 Å². The predicted octanol–water partition coefficient (Wildman–Crippen LogP) is 0.0718. The molecule has 3 aromatic rings. The Morgan fingerprint density at radius 2 is 1.24 bits per heavy atom. The number of benzene rings is 3. The lowest BCUT2D eigenvalue weighted by atomic mass is 10.1. The Morgan fingerprint density at radius 1 is 0.765 bits per heavy atom. The van der Waals surface area contributed by atoms with Gasteiger partial charge in [0.25, 0.3) is 0 Å². The Balaban J connectivity index is 0.00000408. The molecule has 0 bridgehead atoms. The number of halogens is 1. The maximum absolute atomic E-state index is 12.7. The lowest BCUT2D eigenvalue weighted by Crippen LogP contribution is -3.00. The molecule has 0 spiro atoms. The number of aryl methyl sites for hydroxylation is 2. The summed E-state index contributed by atoms with van der Waals surface area (Å²) in [5.74, 6) is -1.49. The molecule has 0 aromatic heterocycles. The average molecular weight is 484 g/mol. The molecule has 0 amide bonds. The molecule has 0 unspecified atom stereocenters. The van der Waals surface area contributed by atoms with Crippen molar-refractivity contribution >= 4 is 17.9 Å². The van der Waals surface area contributed by atoms with E-state index < -0.39 is 23.9 Å². The van der Waals surface area contributed by atoms with Crippen LogP contribution < -0.4 is 27.6 Å². The van der Waals surface area contributed by atoms with Crippen LogP contribution in [0.5, 0.6) is 11.5 Å². The summed E-state index contributed by atoms with van der Waals surface area (Å²) in [4.78, 5) is 37.1. The van der Waals surface area contributed by atoms with Crippen LogP contribution in [0.25, 0.3) is 0 Å². The van der Waals surface area contributed by atoms with Gasteiger partial charge in [0.15, 0.2) is 17.5 Å². The molecule has 3 rings (SSSR count). The molecule has 0 aliphatic carbocycles. The minimum absolute atomic E-state index is 0. The van der Waals surface area contributed by atoms with Crippen molar-refractivity contribution in [1.29, 1.82) is 0 Å². The van der Waals surface area contributed by atoms with Crippen LogP contribution in [0.1, 0.15) is 37.4 Å². The minimum Gasteiger partial charge on any atom is -1.00 e. The summed E-state index contributed by atoms with van der Waals surface area (Å²) >= 11 is 0. The van der Waals surface area contributed by atoms with E-state index in [2.05, 4.69) is 5.73 Å². The van der Waals surface area contributed by atoms with Gasteiger partial charge >= 0.3 is 17.9 Å². The highest BCUT2D eigenvalue weighted by molar-refractivity contribution is 5.93. The molecule has 3 N–H and O–H groups in total. The number of esters is 3. The van der Waals surface area contributed by atoms with Gasteiger partial charge in [-0.2, -0.15) is 0 Å². The van der Waals surface area contributed by atoms with Crippen molar-refractivity contribution in [2.75, 3.05) is 7.11 Å². The van der Waals surface area contributed by atoms with Gasteiger partial charge in [0.2, 0.25) is 0 Å². The van der Waals surface area contributed by atoms with Crippen molar-refractivity contribution in [2.24, 2.45) is 0 Å². The fourth-order valence-corrected chi connectivity index (χ4v) is 3.07. The molecule has 0 aliphatic heterocycles. The number of rotatable bonds is 7. The SMILES string of the molecule is COC(=O)[C@@H]([NH3+])Cc1ccc(OC(=O)c2ccc(C)cc2)c(OC(=O)c2ccc(C)cc2)c1.[Cl-]. The number of hydrogen-bond donors (Lipinski definition) is 1. The molecular formula is C26H26ClNO6. The van der Waals surface area contributed by atoms with E-state index in [1.807, 2.05) is 13.8 Å². The van der Waals surface area contributed by atoms with Gasteiger partial charge in [0.05, 0.1) is 18.2 Å². The third kappa shape index (κ3) is 6.91. The lowest BCUT2D eigenvalue weighted by Gasteiger charge is -2.13. The normalized spacial score (nSPS) is 11.1. The van der Waals surface area contributed by atoms with Crippen LogP contribution in [-0.2, 0) is 16.0 Å². The van der Waals surface area contributed by atoms with Crippen molar-refractivity contribution < 1.29 is 46.7 Å². The smallest absolute Gasteiger partial charge is 0.364 e. The summed E-state index contributed by atoms with van der Waals surface area (Å²) in [5.41, 5.74) is 7.20. The maximum atomic E-state index is 12.7. The average Bonchev–Trinajstić information content (AvgIpc) is 2.80. The number of carbonyl (C=O) groups excluding carboxylic acids is 3. The maximum Gasteiger partial charge on any atom is 0.364 e. The number of ether oxygens (including phenoxy) is 3. The van der Waals surface area contributed by atoms with Crippen LogP contribution in [0.2, 0.25) is 0 Å². The number of hydrogen-bond acceptors (Lipinski definition) is 6. The molecule has 8 heteroatoms. The second-order valence-corrected chi connectivity index (χ2v) is 7.72. The minimum atomic E-state index is -0.642. The van der Waals surface area contributed by atoms with E-state index in [0.29, 0.717) is 16.7 Å². The van der Waals surface area contributed by atoms with Gasteiger partial charge in [-0.15, -0.1) is 0 Å². The van der Waals surface area contributed by atoms with Gasteiger partial charge in [-0.1, -0.05) is 41.5 Å². The third-order valence-electron chi connectivity index (χ3n) is 5.00. The lowest BCUT2D eigenvalue weighted by molar-refractivity contribution is -0.407. The summed E-state index contributed by atoms with van der Waals surface area (Å²) in [6, 6.07) is 18.0. The second-order valence-electron chi connectivity index (χ2n) is 7.72. The number of methoxy groups -OCH3 is 1. The second kappa shape index (κ2) is 12.0. The zero-order valence-corrected chi connectivity index (χ0v) is 19.9. The van der Waals surface area contributed by atoms with Crippen molar-refractivity contribution in [2.45, 2.75) is 26.3 Å². The molecule has 7 nitrogen and oxygen atoms in total. The van der Waals surface area contributed by atoms with Crippen molar-refractivity contribution in [3.05, 3.63) is 94.5 Å². The fourth-order valence-electron chi connectivity index (χ4n) is 3.07. The molecule has 178 valence electrons. The van der Waals surface area contributed by atoms with Crippen LogP contribution in [0, 0.1) is 13.8 Å². The van der Waals surface area contributed by atoms with E-state index in [4.69, 9.17) is 14.2 Å². The molecule has 0 saturated heterocycles. The first kappa shape index (κ1) is 26.6. The van der Waals surface area contributed by atoms with Crippen LogP contribution in [-0.4, -0.2) is 31.1 Å². The highest BCUT2D eigenvalue weighted by atomic mass is 35.5. The van der Waals surface area contributed by atoms with Gasteiger partial charge in [-0.3, -0.25) is 0 Å². The van der Waals surface area contributed by atoms with Crippen LogP contribution in [0.4, 0.5) is 0 Å². The molecular weight excluding hydrogens is 458 g/mol. The van der Waals surface area contributed by atoms with Crippen LogP contribution in [0.15, 0.2) is 66.7 Å². The topological polar surface area (TPSA) is 107 Å². The Labute approximate surface area is 204 Å². The summed E-state index contributed by atoms with van der Waals surface area (Å²) < 4.78 is 15.8. The largest absolute Gasteiger partial charge is 1.00 e. The van der Waals surface area contributed by atoms with Crippen molar-refractivity contribution in [3.63, 3.8) is 0 Å². The van der Waals surface area contributed by atoms with Gasteiger partial charge in [-0.25, -0.2) is 14.4 Å². The third-order valence-corrected chi connectivity index (χ3v) is 5.00. The van der Waals surface area contributed by atoms with Crippen molar-refractivity contribution in [1.82, 2.24) is 0 Å². The van der Waals surface area contributed by atoms with E-state index >= 15 is 0 Å². The quantitative estimate of drug-likeness (QED) is 0.376. The van der Waals surface area contributed by atoms with Gasteiger partial charge in [-0.05, 0) is 55.8 Å². The zero-order valence-electron chi connectivity index (χ0n) is 19.2. The summed E-state index contributed by atoms with van der Waals surface area (Å²) in [6.07, 6.45) is 0.258. The first-order chi connectivity index (χ1) is 15.8. The molecule has 0 saturated carbocycles. The monoisotopic (exact) mass is 483 g/mol. The Bertz CT molecular complexity index is 1160. The van der Waals surface area contributed by atoms with Gasteiger partial charge < -0.3 is 32.4 Å². The Kier molecular flexibility index (Phi) is 9.36. The molecule has 0 radical (unpaired) electrons. The number of carbonyl (C=O) groups is 3.